The van der Waals surface area contributed by atoms with Crippen molar-refractivity contribution >= 4 is 11.6 Å². The lowest BCUT2D eigenvalue weighted by Gasteiger charge is -2.10. The summed E-state index contributed by atoms with van der Waals surface area (Å²) in [5.41, 5.74) is -2.12. The van der Waals surface area contributed by atoms with Gasteiger partial charge in [-0.3, -0.25) is 0 Å². The van der Waals surface area contributed by atoms with Gasteiger partial charge in [0, 0.05) is 0 Å². The van der Waals surface area contributed by atoms with Crippen LogP contribution in [0.15, 0.2) is 12.1 Å². The van der Waals surface area contributed by atoms with Gasteiger partial charge in [0.15, 0.2) is 0 Å². The lowest BCUT2D eigenvalue weighted by atomic mass is 10.1. The number of hydrogen-bond donors (Lipinski definition) is 0. The molecule has 74 valence electrons. The first kappa shape index (κ1) is 10.8. The molecule has 14 heavy (non-hydrogen) atoms. The Labute approximate surface area is 81.5 Å². The van der Waals surface area contributed by atoms with Crippen molar-refractivity contribution in [1.82, 2.24) is 0 Å². The number of halogens is 5. The van der Waals surface area contributed by atoms with Crippen LogP contribution in [0.4, 0.5) is 17.6 Å². The summed E-state index contributed by atoms with van der Waals surface area (Å²) in [6.07, 6.45) is -4.83. The van der Waals surface area contributed by atoms with Gasteiger partial charge in [0.1, 0.15) is 5.82 Å². The monoisotopic (exact) mass is 223 g/mol. The van der Waals surface area contributed by atoms with E-state index < -0.39 is 28.1 Å². The van der Waals surface area contributed by atoms with E-state index in [0.717, 1.165) is 12.1 Å². The standard InChI is InChI=1S/C8H2ClF4N/c9-7-5(10)2-1-4(3-14)6(7)8(11,12)13/h1-2H. The minimum Gasteiger partial charge on any atom is -0.205 e. The van der Waals surface area contributed by atoms with Gasteiger partial charge in [0.25, 0.3) is 0 Å². The minimum atomic E-state index is -4.83. The van der Waals surface area contributed by atoms with Gasteiger partial charge in [-0.05, 0) is 12.1 Å². The molecule has 0 aliphatic carbocycles. The summed E-state index contributed by atoms with van der Waals surface area (Å²) in [5, 5.41) is 7.29. The summed E-state index contributed by atoms with van der Waals surface area (Å²) >= 11 is 5.12. The van der Waals surface area contributed by atoms with Crippen molar-refractivity contribution in [3.05, 3.63) is 34.1 Å². The second kappa shape index (κ2) is 3.46. The second-order valence-corrected chi connectivity index (χ2v) is 2.77. The number of rotatable bonds is 0. The Hall–Kier alpha value is -1.28. The molecule has 6 heteroatoms. The Balaban J connectivity index is 3.54. The van der Waals surface area contributed by atoms with Gasteiger partial charge in [0.05, 0.1) is 22.2 Å². The molecule has 0 saturated heterocycles. The minimum absolute atomic E-state index is 0.691. The lowest BCUT2D eigenvalue weighted by Crippen LogP contribution is -2.09. The number of nitrogens with zero attached hydrogens (tertiary/aromatic N) is 1. The van der Waals surface area contributed by atoms with Crippen LogP contribution < -0.4 is 0 Å². The van der Waals surface area contributed by atoms with Crippen LogP contribution in [-0.2, 0) is 6.18 Å². The van der Waals surface area contributed by atoms with Gasteiger partial charge in [-0.15, -0.1) is 0 Å². The van der Waals surface area contributed by atoms with E-state index >= 15 is 0 Å². The van der Waals surface area contributed by atoms with Gasteiger partial charge < -0.3 is 0 Å². The zero-order valence-corrected chi connectivity index (χ0v) is 7.25. The molecule has 1 nitrogen and oxygen atoms in total. The molecule has 0 radical (unpaired) electrons. The van der Waals surface area contributed by atoms with Gasteiger partial charge in [-0.25, -0.2) is 4.39 Å². The smallest absolute Gasteiger partial charge is 0.205 e. The third kappa shape index (κ3) is 1.80. The van der Waals surface area contributed by atoms with E-state index in [1.54, 1.807) is 0 Å². The third-order valence-corrected chi connectivity index (χ3v) is 1.87. The van der Waals surface area contributed by atoms with E-state index in [1.807, 2.05) is 0 Å². The first-order chi connectivity index (χ1) is 6.38. The molecule has 0 spiro atoms. The summed E-state index contributed by atoms with van der Waals surface area (Å²) in [6.45, 7) is 0. The Morgan fingerprint density at radius 1 is 1.29 bits per heavy atom. The molecule has 0 N–H and O–H groups in total. The topological polar surface area (TPSA) is 23.8 Å². The molecular formula is C8H2ClF4N. The zero-order valence-electron chi connectivity index (χ0n) is 6.49. The molecule has 0 heterocycles. The summed E-state index contributed by atoms with van der Waals surface area (Å²) in [7, 11) is 0. The number of hydrogen-bond acceptors (Lipinski definition) is 1. The summed E-state index contributed by atoms with van der Waals surface area (Å²) < 4.78 is 49.5. The van der Waals surface area contributed by atoms with Crippen LogP contribution in [0, 0.1) is 17.1 Å². The van der Waals surface area contributed by atoms with Crippen LogP contribution >= 0.6 is 11.6 Å². The number of alkyl halides is 3. The van der Waals surface area contributed by atoms with E-state index in [4.69, 9.17) is 16.9 Å². The predicted molar refractivity (Wildman–Crippen MR) is 41.1 cm³/mol. The molecule has 0 aromatic heterocycles. The fourth-order valence-corrected chi connectivity index (χ4v) is 1.19. The van der Waals surface area contributed by atoms with Gasteiger partial charge >= 0.3 is 6.18 Å². The van der Waals surface area contributed by atoms with Gasteiger partial charge in [-0.2, -0.15) is 18.4 Å². The predicted octanol–water partition coefficient (Wildman–Crippen LogP) is 3.37. The highest BCUT2D eigenvalue weighted by Gasteiger charge is 2.37. The van der Waals surface area contributed by atoms with Crippen molar-refractivity contribution in [1.29, 1.82) is 5.26 Å². The Morgan fingerprint density at radius 3 is 2.29 bits per heavy atom. The Bertz CT molecular complexity index is 405. The highest BCUT2D eigenvalue weighted by molar-refractivity contribution is 6.31. The van der Waals surface area contributed by atoms with Crippen LogP contribution in [0.2, 0.25) is 5.02 Å². The third-order valence-electron chi connectivity index (χ3n) is 1.50. The first-order valence-electron chi connectivity index (χ1n) is 3.33. The molecule has 0 saturated carbocycles. The van der Waals surface area contributed by atoms with Crippen molar-refractivity contribution in [2.45, 2.75) is 6.18 Å². The van der Waals surface area contributed by atoms with Crippen LogP contribution in [0.3, 0.4) is 0 Å². The molecule has 0 amide bonds. The highest BCUT2D eigenvalue weighted by atomic mass is 35.5. The second-order valence-electron chi connectivity index (χ2n) is 2.39. The van der Waals surface area contributed by atoms with Crippen molar-refractivity contribution < 1.29 is 17.6 Å². The van der Waals surface area contributed by atoms with Gasteiger partial charge in [0.2, 0.25) is 0 Å². The fourth-order valence-electron chi connectivity index (χ4n) is 0.921. The summed E-state index contributed by atoms with van der Waals surface area (Å²) in [4.78, 5) is 0. The van der Waals surface area contributed by atoms with Crippen LogP contribution in [0.1, 0.15) is 11.1 Å². The van der Waals surface area contributed by atoms with E-state index in [0.29, 0.717) is 0 Å². The summed E-state index contributed by atoms with van der Waals surface area (Å²) in [5.74, 6) is -1.20. The van der Waals surface area contributed by atoms with Crippen molar-refractivity contribution in [2.75, 3.05) is 0 Å². The largest absolute Gasteiger partial charge is 0.419 e. The molecule has 1 rings (SSSR count). The normalized spacial score (nSPS) is 11.1. The molecule has 0 aliphatic heterocycles. The van der Waals surface area contributed by atoms with E-state index in [-0.39, 0.29) is 0 Å². The molecule has 0 fully saturated rings. The maximum Gasteiger partial charge on any atom is 0.419 e. The quantitative estimate of drug-likeness (QED) is 0.619. The molecule has 0 unspecified atom stereocenters. The first-order valence-corrected chi connectivity index (χ1v) is 3.71. The summed E-state index contributed by atoms with van der Waals surface area (Å²) in [6, 6.07) is 2.76. The zero-order chi connectivity index (χ0) is 10.9. The fraction of sp³-hybridized carbons (Fsp3) is 0.125. The molecule has 0 atom stereocenters. The molecule has 0 bridgehead atoms. The maximum atomic E-state index is 12.7. The number of nitriles is 1. The Kier molecular flexibility index (Phi) is 2.67. The maximum absolute atomic E-state index is 12.7. The van der Waals surface area contributed by atoms with Crippen molar-refractivity contribution in [3.63, 3.8) is 0 Å². The lowest BCUT2D eigenvalue weighted by molar-refractivity contribution is -0.137. The van der Waals surface area contributed by atoms with Crippen molar-refractivity contribution in [3.8, 4) is 6.07 Å². The van der Waals surface area contributed by atoms with Crippen LogP contribution in [0.5, 0.6) is 0 Å². The van der Waals surface area contributed by atoms with E-state index in [2.05, 4.69) is 0 Å². The molecule has 1 aromatic rings. The highest BCUT2D eigenvalue weighted by Crippen LogP contribution is 2.38. The van der Waals surface area contributed by atoms with Gasteiger partial charge in [-0.1, -0.05) is 11.6 Å². The van der Waals surface area contributed by atoms with Crippen LogP contribution in [-0.4, -0.2) is 0 Å². The Morgan fingerprint density at radius 2 is 1.86 bits per heavy atom. The molecular weight excluding hydrogens is 222 g/mol. The van der Waals surface area contributed by atoms with E-state index in [1.165, 1.54) is 6.07 Å². The average Bonchev–Trinajstić information content (AvgIpc) is 2.07. The van der Waals surface area contributed by atoms with Crippen LogP contribution in [0.25, 0.3) is 0 Å². The van der Waals surface area contributed by atoms with E-state index in [9.17, 15) is 17.6 Å². The molecule has 1 aromatic carbocycles. The van der Waals surface area contributed by atoms with Crippen molar-refractivity contribution in [2.24, 2.45) is 0 Å². The number of benzene rings is 1. The molecule has 0 aliphatic rings. The average molecular weight is 224 g/mol. The SMILES string of the molecule is N#Cc1ccc(F)c(Cl)c1C(F)(F)F.